The molecule has 18 heavy (non-hydrogen) atoms. The Kier molecular flexibility index (Phi) is 4.00. The van der Waals surface area contributed by atoms with Gasteiger partial charge in [0, 0.05) is 17.6 Å². The molecule has 0 aliphatic heterocycles. The van der Waals surface area contributed by atoms with Gasteiger partial charge in [-0.25, -0.2) is 8.78 Å². The highest BCUT2D eigenvalue weighted by molar-refractivity contribution is 9.10. The predicted octanol–water partition coefficient (Wildman–Crippen LogP) is 3.60. The van der Waals surface area contributed by atoms with Gasteiger partial charge in [-0.3, -0.25) is 4.79 Å². The van der Waals surface area contributed by atoms with Gasteiger partial charge in [0.1, 0.15) is 17.2 Å². The Morgan fingerprint density at radius 1 is 1.39 bits per heavy atom. The van der Waals surface area contributed by atoms with Crippen molar-refractivity contribution in [1.29, 1.82) is 0 Å². The fourth-order valence-electron chi connectivity index (χ4n) is 1.87. The van der Waals surface area contributed by atoms with Crippen LogP contribution in [0, 0.1) is 17.6 Å². The van der Waals surface area contributed by atoms with Crippen LogP contribution in [-0.4, -0.2) is 23.9 Å². The number of amides is 1. The van der Waals surface area contributed by atoms with Gasteiger partial charge >= 0.3 is 0 Å². The maximum Gasteiger partial charge on any atom is 0.259 e. The molecule has 1 amide bonds. The minimum Gasteiger partial charge on any atom is -0.338 e. The quantitative estimate of drug-likeness (QED) is 0.831. The van der Waals surface area contributed by atoms with Gasteiger partial charge in [0.25, 0.3) is 5.91 Å². The third kappa shape index (κ3) is 2.88. The average molecular weight is 318 g/mol. The molecule has 1 fully saturated rings. The standard InChI is InChI=1S/C13H14BrF2NO/c1-2-17(7-8-3-4-8)13(18)12-10(15)5-9(14)6-11(12)16/h5-6,8H,2-4,7H2,1H3. The van der Waals surface area contributed by atoms with E-state index in [1.54, 1.807) is 0 Å². The second-order valence-electron chi connectivity index (χ2n) is 4.53. The van der Waals surface area contributed by atoms with Crippen molar-refractivity contribution in [3.8, 4) is 0 Å². The van der Waals surface area contributed by atoms with E-state index in [1.807, 2.05) is 6.92 Å². The van der Waals surface area contributed by atoms with Gasteiger partial charge < -0.3 is 4.90 Å². The Labute approximate surface area is 113 Å². The molecule has 2 rings (SSSR count). The van der Waals surface area contributed by atoms with Crippen LogP contribution >= 0.6 is 15.9 Å². The van der Waals surface area contributed by atoms with Crippen molar-refractivity contribution >= 4 is 21.8 Å². The summed E-state index contributed by atoms with van der Waals surface area (Å²) in [6, 6.07) is 2.22. The van der Waals surface area contributed by atoms with Crippen LogP contribution in [0.4, 0.5) is 8.78 Å². The van der Waals surface area contributed by atoms with Crippen LogP contribution in [0.1, 0.15) is 30.1 Å². The number of halogens is 3. The fraction of sp³-hybridized carbons (Fsp3) is 0.462. The van der Waals surface area contributed by atoms with Crippen molar-refractivity contribution in [2.75, 3.05) is 13.1 Å². The van der Waals surface area contributed by atoms with E-state index in [1.165, 1.54) is 4.90 Å². The van der Waals surface area contributed by atoms with E-state index in [-0.39, 0.29) is 0 Å². The monoisotopic (exact) mass is 317 g/mol. The number of nitrogens with zero attached hydrogens (tertiary/aromatic N) is 1. The molecule has 1 aromatic rings. The van der Waals surface area contributed by atoms with Gasteiger partial charge in [0.15, 0.2) is 0 Å². The van der Waals surface area contributed by atoms with E-state index >= 15 is 0 Å². The zero-order chi connectivity index (χ0) is 13.3. The van der Waals surface area contributed by atoms with Gasteiger partial charge in [-0.2, -0.15) is 0 Å². The summed E-state index contributed by atoms with van der Waals surface area (Å²) >= 11 is 3.00. The molecule has 0 radical (unpaired) electrons. The molecule has 0 saturated heterocycles. The van der Waals surface area contributed by atoms with Gasteiger partial charge in [-0.05, 0) is 37.8 Å². The largest absolute Gasteiger partial charge is 0.338 e. The highest BCUT2D eigenvalue weighted by Crippen LogP contribution is 2.30. The molecule has 0 atom stereocenters. The second kappa shape index (κ2) is 5.34. The number of hydrogen-bond acceptors (Lipinski definition) is 1. The van der Waals surface area contributed by atoms with Crippen molar-refractivity contribution < 1.29 is 13.6 Å². The Bertz CT molecular complexity index is 451. The van der Waals surface area contributed by atoms with Crippen molar-refractivity contribution in [2.45, 2.75) is 19.8 Å². The van der Waals surface area contributed by atoms with E-state index < -0.39 is 23.1 Å². The SMILES string of the molecule is CCN(CC1CC1)C(=O)c1c(F)cc(Br)cc1F. The minimum absolute atomic E-state index is 0.291. The first-order valence-electron chi connectivity index (χ1n) is 5.96. The zero-order valence-electron chi connectivity index (χ0n) is 10.0. The summed E-state index contributed by atoms with van der Waals surface area (Å²) in [5, 5.41) is 0. The van der Waals surface area contributed by atoms with E-state index in [0.29, 0.717) is 23.5 Å². The zero-order valence-corrected chi connectivity index (χ0v) is 11.6. The van der Waals surface area contributed by atoms with Crippen LogP contribution in [0.25, 0.3) is 0 Å². The molecular weight excluding hydrogens is 304 g/mol. The highest BCUT2D eigenvalue weighted by atomic mass is 79.9. The topological polar surface area (TPSA) is 20.3 Å². The summed E-state index contributed by atoms with van der Waals surface area (Å²) in [7, 11) is 0. The van der Waals surface area contributed by atoms with Gasteiger partial charge in [-0.1, -0.05) is 15.9 Å². The van der Waals surface area contributed by atoms with Crippen LogP contribution in [0.15, 0.2) is 16.6 Å². The molecule has 0 heterocycles. The van der Waals surface area contributed by atoms with E-state index in [2.05, 4.69) is 15.9 Å². The number of benzene rings is 1. The van der Waals surface area contributed by atoms with E-state index in [0.717, 1.165) is 25.0 Å². The summed E-state index contributed by atoms with van der Waals surface area (Å²) in [5.74, 6) is -1.70. The predicted molar refractivity (Wildman–Crippen MR) is 68.4 cm³/mol. The molecule has 98 valence electrons. The van der Waals surface area contributed by atoms with Crippen LogP contribution in [-0.2, 0) is 0 Å². The maximum atomic E-state index is 13.7. The van der Waals surface area contributed by atoms with Gasteiger partial charge in [0.05, 0.1) is 0 Å². The second-order valence-corrected chi connectivity index (χ2v) is 5.45. The molecule has 1 saturated carbocycles. The molecular formula is C13H14BrF2NO. The normalized spacial score (nSPS) is 14.7. The van der Waals surface area contributed by atoms with Crippen molar-refractivity contribution in [3.63, 3.8) is 0 Å². The van der Waals surface area contributed by atoms with Crippen LogP contribution in [0.5, 0.6) is 0 Å². The molecule has 0 unspecified atom stereocenters. The first kappa shape index (κ1) is 13.5. The lowest BCUT2D eigenvalue weighted by Crippen LogP contribution is -2.34. The Morgan fingerprint density at radius 2 is 1.94 bits per heavy atom. The van der Waals surface area contributed by atoms with Gasteiger partial charge in [0.2, 0.25) is 0 Å². The molecule has 0 N–H and O–H groups in total. The Hall–Kier alpha value is -0.970. The highest BCUT2D eigenvalue weighted by Gasteiger charge is 2.29. The summed E-state index contributed by atoms with van der Waals surface area (Å²) in [5.41, 5.74) is -0.458. The smallest absolute Gasteiger partial charge is 0.259 e. The summed E-state index contributed by atoms with van der Waals surface area (Å²) in [6.45, 7) is 2.86. The Morgan fingerprint density at radius 3 is 2.39 bits per heavy atom. The van der Waals surface area contributed by atoms with E-state index in [9.17, 15) is 13.6 Å². The van der Waals surface area contributed by atoms with Crippen molar-refractivity contribution in [1.82, 2.24) is 4.90 Å². The summed E-state index contributed by atoms with van der Waals surface area (Å²) in [6.07, 6.45) is 2.18. The molecule has 1 aliphatic rings. The third-order valence-corrected chi connectivity index (χ3v) is 3.52. The van der Waals surface area contributed by atoms with Crippen LogP contribution in [0.2, 0.25) is 0 Å². The fourth-order valence-corrected chi connectivity index (χ4v) is 2.27. The first-order chi connectivity index (χ1) is 8.52. The van der Waals surface area contributed by atoms with Crippen molar-refractivity contribution in [2.24, 2.45) is 5.92 Å². The summed E-state index contributed by atoms with van der Waals surface area (Å²) in [4.78, 5) is 13.6. The minimum atomic E-state index is -0.818. The lowest BCUT2D eigenvalue weighted by atomic mass is 10.1. The third-order valence-electron chi connectivity index (χ3n) is 3.07. The molecule has 0 bridgehead atoms. The summed E-state index contributed by atoms with van der Waals surface area (Å²) < 4.78 is 27.7. The van der Waals surface area contributed by atoms with E-state index in [4.69, 9.17) is 0 Å². The molecule has 1 aromatic carbocycles. The first-order valence-corrected chi connectivity index (χ1v) is 6.76. The van der Waals surface area contributed by atoms with Crippen LogP contribution in [0.3, 0.4) is 0 Å². The average Bonchev–Trinajstić information content (AvgIpc) is 3.07. The number of hydrogen-bond donors (Lipinski definition) is 0. The number of carbonyl (C=O) groups excluding carboxylic acids is 1. The van der Waals surface area contributed by atoms with Crippen molar-refractivity contribution in [3.05, 3.63) is 33.8 Å². The molecule has 2 nitrogen and oxygen atoms in total. The molecule has 0 spiro atoms. The molecule has 5 heteroatoms. The van der Waals surface area contributed by atoms with Gasteiger partial charge in [-0.15, -0.1) is 0 Å². The lowest BCUT2D eigenvalue weighted by Gasteiger charge is -2.21. The molecule has 1 aliphatic carbocycles. The Balaban J connectivity index is 2.25. The number of carbonyl (C=O) groups is 1. The maximum absolute atomic E-state index is 13.7. The number of rotatable bonds is 4. The molecule has 0 aromatic heterocycles. The van der Waals surface area contributed by atoms with Crippen LogP contribution < -0.4 is 0 Å². The lowest BCUT2D eigenvalue weighted by molar-refractivity contribution is 0.0747.